The molecule has 0 aliphatic heterocycles. The summed E-state index contributed by atoms with van der Waals surface area (Å²) in [5, 5.41) is 4.66. The highest BCUT2D eigenvalue weighted by Crippen LogP contribution is 2.34. The molecule has 2 aromatic rings. The van der Waals surface area contributed by atoms with Crippen LogP contribution in [-0.2, 0) is 0 Å². The Labute approximate surface area is 115 Å². The Morgan fingerprint density at radius 3 is 2.42 bits per heavy atom. The minimum absolute atomic E-state index is 0.605. The van der Waals surface area contributed by atoms with Crippen molar-refractivity contribution in [3.63, 3.8) is 0 Å². The quantitative estimate of drug-likeness (QED) is 0.765. The average molecular weight is 254 g/mol. The van der Waals surface area contributed by atoms with Crippen LogP contribution in [0.3, 0.4) is 0 Å². The van der Waals surface area contributed by atoms with Crippen LogP contribution in [0.2, 0.25) is 0 Å². The molecular weight excluding hydrogens is 232 g/mol. The molecule has 1 aliphatic rings. The first-order valence-electron chi connectivity index (χ1n) is 7.35. The van der Waals surface area contributed by atoms with Crippen molar-refractivity contribution in [2.45, 2.75) is 45.6 Å². The van der Waals surface area contributed by atoms with Gasteiger partial charge in [-0.15, -0.1) is 0 Å². The van der Waals surface area contributed by atoms with E-state index >= 15 is 0 Å². The minimum atomic E-state index is 0.605. The molecule has 1 fully saturated rings. The fraction of sp³-hybridized carbons (Fsp3) is 0.471. The van der Waals surface area contributed by atoms with Crippen LogP contribution in [0.4, 0.5) is 0 Å². The van der Waals surface area contributed by atoms with Crippen molar-refractivity contribution in [1.29, 1.82) is 0 Å². The molecule has 0 spiro atoms. The first-order chi connectivity index (χ1) is 9.25. The first kappa shape index (κ1) is 12.5. The van der Waals surface area contributed by atoms with Gasteiger partial charge in [-0.25, -0.2) is 0 Å². The molecule has 1 aliphatic carbocycles. The van der Waals surface area contributed by atoms with E-state index in [1.807, 2.05) is 6.20 Å². The van der Waals surface area contributed by atoms with Crippen LogP contribution in [0.1, 0.15) is 44.3 Å². The number of nitrogens with zero attached hydrogens (tertiary/aromatic N) is 2. The lowest BCUT2D eigenvalue weighted by molar-refractivity contribution is 0.271. The Balaban J connectivity index is 1.87. The zero-order chi connectivity index (χ0) is 13.2. The van der Waals surface area contributed by atoms with Crippen LogP contribution in [0.5, 0.6) is 0 Å². The van der Waals surface area contributed by atoms with Crippen molar-refractivity contribution in [3.05, 3.63) is 42.2 Å². The van der Waals surface area contributed by atoms with E-state index in [1.54, 1.807) is 0 Å². The second-order valence-corrected chi connectivity index (χ2v) is 5.87. The Kier molecular flexibility index (Phi) is 3.41. The van der Waals surface area contributed by atoms with Gasteiger partial charge < -0.3 is 0 Å². The van der Waals surface area contributed by atoms with Crippen molar-refractivity contribution >= 4 is 0 Å². The maximum absolute atomic E-state index is 4.66. The van der Waals surface area contributed by atoms with Crippen molar-refractivity contribution in [2.75, 3.05) is 0 Å². The summed E-state index contributed by atoms with van der Waals surface area (Å²) in [6.07, 6.45) is 7.26. The predicted molar refractivity (Wildman–Crippen MR) is 79.1 cm³/mol. The van der Waals surface area contributed by atoms with Gasteiger partial charge in [0.1, 0.15) is 0 Å². The highest BCUT2D eigenvalue weighted by atomic mass is 15.3. The fourth-order valence-corrected chi connectivity index (χ4v) is 3.18. The zero-order valence-electron chi connectivity index (χ0n) is 11.8. The third-order valence-corrected chi connectivity index (χ3v) is 4.46. The molecular formula is C17H22N2. The van der Waals surface area contributed by atoms with E-state index in [1.165, 1.54) is 42.5 Å². The lowest BCUT2D eigenvalue weighted by atomic mass is 9.87. The molecule has 2 heteroatoms. The van der Waals surface area contributed by atoms with Gasteiger partial charge in [0, 0.05) is 11.3 Å². The van der Waals surface area contributed by atoms with E-state index in [-0.39, 0.29) is 0 Å². The molecule has 19 heavy (non-hydrogen) atoms. The van der Waals surface area contributed by atoms with Gasteiger partial charge in [0.15, 0.2) is 0 Å². The third kappa shape index (κ3) is 2.44. The summed E-state index contributed by atoms with van der Waals surface area (Å²) in [5.41, 5.74) is 3.86. The van der Waals surface area contributed by atoms with Gasteiger partial charge in [-0.3, -0.25) is 4.68 Å². The zero-order valence-corrected chi connectivity index (χ0v) is 11.8. The highest BCUT2D eigenvalue weighted by Gasteiger charge is 2.22. The van der Waals surface area contributed by atoms with Crippen molar-refractivity contribution in [3.8, 4) is 11.1 Å². The van der Waals surface area contributed by atoms with Crippen LogP contribution in [-0.4, -0.2) is 9.78 Å². The number of hydrogen-bond acceptors (Lipinski definition) is 1. The van der Waals surface area contributed by atoms with Gasteiger partial charge in [0.25, 0.3) is 0 Å². The third-order valence-electron chi connectivity index (χ3n) is 4.46. The maximum atomic E-state index is 4.66. The van der Waals surface area contributed by atoms with Crippen LogP contribution in [0.25, 0.3) is 11.1 Å². The molecule has 1 saturated carbocycles. The molecule has 0 atom stereocenters. The fourth-order valence-electron chi connectivity index (χ4n) is 3.18. The molecule has 0 bridgehead atoms. The molecule has 0 saturated heterocycles. The van der Waals surface area contributed by atoms with Crippen molar-refractivity contribution in [1.82, 2.24) is 9.78 Å². The highest BCUT2D eigenvalue weighted by molar-refractivity contribution is 5.64. The van der Waals surface area contributed by atoms with Gasteiger partial charge in [0.05, 0.1) is 12.2 Å². The lowest BCUT2D eigenvalue weighted by Crippen LogP contribution is -2.18. The van der Waals surface area contributed by atoms with Gasteiger partial charge in [-0.2, -0.15) is 5.10 Å². The van der Waals surface area contributed by atoms with Gasteiger partial charge in [0.2, 0.25) is 0 Å². The Morgan fingerprint density at radius 1 is 1.05 bits per heavy atom. The molecule has 0 amide bonds. The van der Waals surface area contributed by atoms with Gasteiger partial charge in [-0.05, 0) is 44.1 Å². The number of benzene rings is 1. The molecule has 1 aromatic heterocycles. The Morgan fingerprint density at radius 2 is 1.74 bits per heavy atom. The van der Waals surface area contributed by atoms with Crippen LogP contribution in [0, 0.1) is 12.8 Å². The standard InChI is InChI=1S/C17H22N2/c1-13-8-10-16(11-9-13)19-14(2)17(12-18-19)15-6-4-3-5-7-15/h3-7,12-13,16H,8-11H2,1-2H3/t13-,16+. The van der Waals surface area contributed by atoms with Crippen LogP contribution in [0.15, 0.2) is 36.5 Å². The summed E-state index contributed by atoms with van der Waals surface area (Å²) >= 11 is 0. The van der Waals surface area contributed by atoms with Gasteiger partial charge in [-0.1, -0.05) is 37.3 Å². The van der Waals surface area contributed by atoms with Crippen molar-refractivity contribution < 1.29 is 0 Å². The van der Waals surface area contributed by atoms with E-state index in [0.29, 0.717) is 6.04 Å². The second-order valence-electron chi connectivity index (χ2n) is 5.87. The molecule has 2 nitrogen and oxygen atoms in total. The summed E-state index contributed by atoms with van der Waals surface area (Å²) in [6, 6.07) is 11.2. The van der Waals surface area contributed by atoms with E-state index in [0.717, 1.165) is 5.92 Å². The molecule has 100 valence electrons. The van der Waals surface area contributed by atoms with E-state index < -0.39 is 0 Å². The summed E-state index contributed by atoms with van der Waals surface area (Å²) in [7, 11) is 0. The molecule has 0 unspecified atom stereocenters. The Hall–Kier alpha value is -1.57. The Bertz CT molecular complexity index is 534. The normalized spacial score (nSPS) is 23.5. The van der Waals surface area contributed by atoms with E-state index in [9.17, 15) is 0 Å². The largest absolute Gasteiger partial charge is 0.266 e. The van der Waals surface area contributed by atoms with E-state index in [4.69, 9.17) is 0 Å². The topological polar surface area (TPSA) is 17.8 Å². The van der Waals surface area contributed by atoms with Gasteiger partial charge >= 0.3 is 0 Å². The number of aromatic nitrogens is 2. The van der Waals surface area contributed by atoms with Crippen LogP contribution < -0.4 is 0 Å². The number of hydrogen-bond donors (Lipinski definition) is 0. The molecule has 0 N–H and O–H groups in total. The summed E-state index contributed by atoms with van der Waals surface area (Å²) in [6.45, 7) is 4.56. The molecule has 3 rings (SSSR count). The summed E-state index contributed by atoms with van der Waals surface area (Å²) in [5.74, 6) is 0.890. The average Bonchev–Trinajstić information content (AvgIpc) is 2.83. The second kappa shape index (κ2) is 5.20. The molecule has 0 radical (unpaired) electrons. The first-order valence-corrected chi connectivity index (χ1v) is 7.35. The smallest absolute Gasteiger partial charge is 0.0571 e. The minimum Gasteiger partial charge on any atom is -0.266 e. The SMILES string of the molecule is Cc1c(-c2ccccc2)cnn1[C@H]1CC[C@@H](C)CC1. The van der Waals surface area contributed by atoms with Crippen molar-refractivity contribution in [2.24, 2.45) is 5.92 Å². The lowest BCUT2D eigenvalue weighted by Gasteiger charge is -2.27. The van der Waals surface area contributed by atoms with E-state index in [2.05, 4.69) is 54.0 Å². The van der Waals surface area contributed by atoms with Crippen LogP contribution >= 0.6 is 0 Å². The monoisotopic (exact) mass is 254 g/mol. The molecule has 1 heterocycles. The summed E-state index contributed by atoms with van der Waals surface area (Å²) in [4.78, 5) is 0. The summed E-state index contributed by atoms with van der Waals surface area (Å²) < 4.78 is 2.26. The number of rotatable bonds is 2. The predicted octanol–water partition coefficient (Wildman–Crippen LogP) is 4.61. The molecule has 1 aromatic carbocycles. The maximum Gasteiger partial charge on any atom is 0.0571 e.